The monoisotopic (exact) mass is 405 g/mol. The van der Waals surface area contributed by atoms with Gasteiger partial charge in [-0.3, -0.25) is 9.97 Å². The van der Waals surface area contributed by atoms with E-state index in [1.165, 1.54) is 6.20 Å². The van der Waals surface area contributed by atoms with Crippen LogP contribution >= 0.6 is 0 Å². The third-order valence-corrected chi connectivity index (χ3v) is 3.97. The molecule has 0 radical (unpaired) electrons. The Kier molecular flexibility index (Phi) is 4.71. The molecule has 0 atom stereocenters. The highest BCUT2D eigenvalue weighted by Crippen LogP contribution is 2.34. The van der Waals surface area contributed by atoms with Crippen LogP contribution in [0.5, 0.6) is 6.01 Å². The molecule has 7 nitrogen and oxygen atoms in total. The van der Waals surface area contributed by atoms with Gasteiger partial charge in [-0.1, -0.05) is 6.07 Å². The molecule has 0 aliphatic carbocycles. The van der Waals surface area contributed by atoms with Crippen LogP contribution in [0.1, 0.15) is 0 Å². The fourth-order valence-electron chi connectivity index (χ4n) is 2.77. The van der Waals surface area contributed by atoms with Crippen molar-refractivity contribution in [2.45, 2.75) is 0 Å². The number of benzene rings is 1. The van der Waals surface area contributed by atoms with Crippen molar-refractivity contribution >= 4 is 5.65 Å². The lowest BCUT2D eigenvalue weighted by molar-refractivity contribution is 0.254. The van der Waals surface area contributed by atoms with Crippen LogP contribution in [0, 0.1) is 17.5 Å². The van der Waals surface area contributed by atoms with Crippen LogP contribution in [0.25, 0.3) is 28.2 Å². The third kappa shape index (κ3) is 3.30. The van der Waals surface area contributed by atoms with E-state index in [0.29, 0.717) is 0 Å². The van der Waals surface area contributed by atoms with Gasteiger partial charge in [0.25, 0.3) is 6.01 Å². The molecule has 4 rings (SSSR count). The first kappa shape index (κ1) is 18.6. The second-order valence-corrected chi connectivity index (χ2v) is 5.81. The van der Waals surface area contributed by atoms with Gasteiger partial charge < -0.3 is 4.74 Å². The minimum atomic E-state index is -1.64. The van der Waals surface area contributed by atoms with Gasteiger partial charge in [0.1, 0.15) is 19.0 Å². The molecule has 148 valence electrons. The largest absolute Gasteiger partial charge is 0.462 e. The zero-order valence-electron chi connectivity index (χ0n) is 14.5. The van der Waals surface area contributed by atoms with Gasteiger partial charge >= 0.3 is 5.69 Å². The van der Waals surface area contributed by atoms with Crippen molar-refractivity contribution < 1.29 is 22.3 Å². The van der Waals surface area contributed by atoms with Crippen molar-refractivity contribution in [2.24, 2.45) is 0 Å². The maximum absolute atomic E-state index is 13.9. The van der Waals surface area contributed by atoms with E-state index in [9.17, 15) is 22.4 Å². The Bertz CT molecular complexity index is 1230. The zero-order valence-corrected chi connectivity index (χ0v) is 14.5. The van der Waals surface area contributed by atoms with Gasteiger partial charge in [-0.2, -0.15) is 14.6 Å². The molecule has 0 fully saturated rings. The van der Waals surface area contributed by atoms with E-state index < -0.39 is 29.8 Å². The van der Waals surface area contributed by atoms with Crippen LogP contribution in [0.15, 0.2) is 41.3 Å². The Labute approximate surface area is 159 Å². The highest BCUT2D eigenvalue weighted by molar-refractivity contribution is 5.89. The molecule has 0 bridgehead atoms. The molecule has 0 amide bonds. The fourth-order valence-corrected chi connectivity index (χ4v) is 2.77. The van der Waals surface area contributed by atoms with Crippen molar-refractivity contribution in [2.75, 3.05) is 13.3 Å². The average molecular weight is 405 g/mol. The molecule has 3 aromatic heterocycles. The van der Waals surface area contributed by atoms with Crippen molar-refractivity contribution in [1.29, 1.82) is 0 Å². The molecule has 4 aromatic rings. The smallest absolute Gasteiger partial charge is 0.352 e. The van der Waals surface area contributed by atoms with Crippen LogP contribution in [-0.4, -0.2) is 37.8 Å². The van der Waals surface area contributed by atoms with E-state index in [1.54, 1.807) is 18.2 Å². The quantitative estimate of drug-likeness (QED) is 0.408. The summed E-state index contributed by atoms with van der Waals surface area (Å²) in [6, 6.07) is 6.06. The maximum Gasteiger partial charge on any atom is 0.352 e. The molecular formula is C18H11F4N5O2. The Hall–Kier alpha value is -3.76. The van der Waals surface area contributed by atoms with Gasteiger partial charge in [-0.05, 0) is 29.8 Å². The number of nitrogens with zero attached hydrogens (tertiary/aromatic N) is 4. The van der Waals surface area contributed by atoms with Crippen LogP contribution in [0.4, 0.5) is 17.6 Å². The van der Waals surface area contributed by atoms with Gasteiger partial charge in [0, 0.05) is 6.20 Å². The van der Waals surface area contributed by atoms with Gasteiger partial charge in [-0.15, -0.1) is 0 Å². The molecule has 0 aliphatic rings. The SMILES string of the molecule is O=c1[nH]c(OCCF)nc2c(-c3cc(F)c(F)c(F)c3)c(-c3ccccn3)nn12. The molecule has 29 heavy (non-hydrogen) atoms. The number of H-pyrrole nitrogens is 1. The normalized spacial score (nSPS) is 11.2. The van der Waals surface area contributed by atoms with Crippen LogP contribution in [-0.2, 0) is 0 Å². The first-order valence-corrected chi connectivity index (χ1v) is 8.27. The van der Waals surface area contributed by atoms with E-state index in [2.05, 4.69) is 20.1 Å². The lowest BCUT2D eigenvalue weighted by Crippen LogP contribution is -2.20. The number of hydrogen-bond donors (Lipinski definition) is 1. The van der Waals surface area contributed by atoms with Crippen LogP contribution < -0.4 is 10.4 Å². The molecule has 0 unspecified atom stereocenters. The number of pyridine rings is 1. The molecule has 3 heterocycles. The van der Waals surface area contributed by atoms with Crippen LogP contribution in [0.3, 0.4) is 0 Å². The number of aromatic amines is 1. The van der Waals surface area contributed by atoms with Crippen molar-refractivity contribution in [3.8, 4) is 28.5 Å². The van der Waals surface area contributed by atoms with E-state index >= 15 is 0 Å². The molecule has 0 spiro atoms. The lowest BCUT2D eigenvalue weighted by atomic mass is 10.0. The predicted molar refractivity (Wildman–Crippen MR) is 93.6 cm³/mol. The highest BCUT2D eigenvalue weighted by Gasteiger charge is 2.23. The molecule has 0 saturated heterocycles. The summed E-state index contributed by atoms with van der Waals surface area (Å²) < 4.78 is 59.5. The lowest BCUT2D eigenvalue weighted by Gasteiger charge is -2.06. The number of hydrogen-bond acceptors (Lipinski definition) is 5. The van der Waals surface area contributed by atoms with Gasteiger partial charge in [0.2, 0.25) is 0 Å². The molecule has 0 saturated carbocycles. The first-order valence-electron chi connectivity index (χ1n) is 8.27. The number of aromatic nitrogens is 5. The molecule has 1 N–H and O–H groups in total. The summed E-state index contributed by atoms with van der Waals surface area (Å²) in [5, 5.41) is 4.14. The number of ether oxygens (including phenoxy) is 1. The summed E-state index contributed by atoms with van der Waals surface area (Å²) in [6.45, 7) is -1.19. The predicted octanol–water partition coefficient (Wildman–Crippen LogP) is 2.91. The third-order valence-electron chi connectivity index (χ3n) is 3.97. The molecule has 11 heteroatoms. The summed E-state index contributed by atoms with van der Waals surface area (Å²) in [6.07, 6.45) is 1.46. The first-order chi connectivity index (χ1) is 14.0. The summed E-state index contributed by atoms with van der Waals surface area (Å²) in [7, 11) is 0. The molecule has 1 aromatic carbocycles. The standard InChI is InChI=1S/C18H11F4N5O2/c19-4-6-29-17-24-16-13(9-7-10(20)14(22)11(21)8-9)15(12-3-1-2-5-23-12)26-27(16)18(28)25-17/h1-3,5,7-8H,4,6H2,(H,24,25,28). The van der Waals surface area contributed by atoms with Crippen molar-refractivity contribution in [3.05, 3.63) is 64.5 Å². The van der Waals surface area contributed by atoms with Gasteiger partial charge in [0.05, 0.1) is 11.3 Å². The van der Waals surface area contributed by atoms with Crippen molar-refractivity contribution in [3.63, 3.8) is 0 Å². The Balaban J connectivity index is 2.06. The molecule has 0 aliphatic heterocycles. The summed E-state index contributed by atoms with van der Waals surface area (Å²) >= 11 is 0. The Morgan fingerprint density at radius 3 is 2.55 bits per heavy atom. The maximum atomic E-state index is 13.9. The minimum Gasteiger partial charge on any atom is -0.462 e. The fraction of sp³-hybridized carbons (Fsp3) is 0.111. The summed E-state index contributed by atoms with van der Waals surface area (Å²) in [4.78, 5) is 22.9. The average Bonchev–Trinajstić information content (AvgIpc) is 3.11. The minimum absolute atomic E-state index is 0.0256. The second kappa shape index (κ2) is 7.34. The number of halogens is 4. The van der Waals surface area contributed by atoms with Crippen molar-refractivity contribution in [1.82, 2.24) is 24.6 Å². The topological polar surface area (TPSA) is 85.2 Å². The van der Waals surface area contributed by atoms with E-state index in [4.69, 9.17) is 4.74 Å². The Morgan fingerprint density at radius 1 is 1.14 bits per heavy atom. The van der Waals surface area contributed by atoms with Crippen LogP contribution in [0.2, 0.25) is 0 Å². The van der Waals surface area contributed by atoms with E-state index in [0.717, 1.165) is 16.6 Å². The molecular weight excluding hydrogens is 394 g/mol. The second-order valence-electron chi connectivity index (χ2n) is 5.81. The Morgan fingerprint density at radius 2 is 1.90 bits per heavy atom. The summed E-state index contributed by atoms with van der Waals surface area (Å²) in [5.41, 5.74) is -0.645. The van der Waals surface area contributed by atoms with E-state index in [1.807, 2.05) is 0 Å². The van der Waals surface area contributed by atoms with Gasteiger partial charge in [0.15, 0.2) is 23.1 Å². The number of nitrogens with one attached hydrogen (secondary N) is 1. The van der Waals surface area contributed by atoms with E-state index in [-0.39, 0.29) is 40.8 Å². The highest BCUT2D eigenvalue weighted by atomic mass is 19.2. The number of fused-ring (bicyclic) bond motifs is 1. The number of alkyl halides is 1. The van der Waals surface area contributed by atoms with Gasteiger partial charge in [-0.25, -0.2) is 22.4 Å². The number of rotatable bonds is 5. The summed E-state index contributed by atoms with van der Waals surface area (Å²) in [5.74, 6) is -4.49. The zero-order chi connectivity index (χ0) is 20.5.